The molecule has 0 saturated carbocycles. The molecule has 0 fully saturated rings. The van der Waals surface area contributed by atoms with Crippen LogP contribution in [0.2, 0.25) is 0 Å². The molecule has 18 heavy (non-hydrogen) atoms. The smallest absolute Gasteiger partial charge is 0.273 e. The Bertz CT molecular complexity index is 669. The number of nitrogens with two attached hydrogens (primary N) is 1. The van der Waals surface area contributed by atoms with E-state index in [1.54, 1.807) is 24.1 Å². The van der Waals surface area contributed by atoms with Crippen LogP contribution in [0.3, 0.4) is 0 Å². The second-order valence-corrected chi connectivity index (χ2v) is 5.67. The maximum Gasteiger partial charge on any atom is 0.273 e. The van der Waals surface area contributed by atoms with E-state index in [2.05, 4.69) is 15.3 Å². The highest BCUT2D eigenvalue weighted by Gasteiger charge is 2.24. The Morgan fingerprint density at radius 1 is 1.33 bits per heavy atom. The van der Waals surface area contributed by atoms with Gasteiger partial charge in [0.25, 0.3) is 15.2 Å². The van der Waals surface area contributed by atoms with Crippen LogP contribution in [0.5, 0.6) is 0 Å². The summed E-state index contributed by atoms with van der Waals surface area (Å²) in [6.45, 7) is 3.66. The molecule has 0 atom stereocenters. The molecule has 2 aromatic heterocycles. The van der Waals surface area contributed by atoms with E-state index in [4.69, 9.17) is 5.14 Å². The Morgan fingerprint density at radius 3 is 2.44 bits per heavy atom. The van der Waals surface area contributed by atoms with Gasteiger partial charge < -0.3 is 0 Å². The molecule has 0 aliphatic rings. The van der Waals surface area contributed by atoms with Crippen LogP contribution in [0.25, 0.3) is 11.4 Å². The molecule has 0 aliphatic carbocycles. The molecule has 9 heteroatoms. The van der Waals surface area contributed by atoms with Crippen LogP contribution in [0, 0.1) is 0 Å². The summed E-state index contributed by atoms with van der Waals surface area (Å²) in [5.74, 6) is 0.433. The van der Waals surface area contributed by atoms with Crippen molar-refractivity contribution in [2.24, 2.45) is 12.2 Å². The van der Waals surface area contributed by atoms with Crippen LogP contribution in [0.15, 0.2) is 17.6 Å². The topological polar surface area (TPSA) is 109 Å². The lowest BCUT2D eigenvalue weighted by atomic mass is 10.3. The standard InChI is InChI=1S/C9H14N6O2S/c1-6(2)15-8(7-4-11-14(3)5-7)12-13-9(15)18(10,16)17/h4-6H,1-3H3,(H2,10,16,17). The average Bonchev–Trinajstić information content (AvgIpc) is 2.80. The van der Waals surface area contributed by atoms with Gasteiger partial charge in [0.05, 0.1) is 11.8 Å². The van der Waals surface area contributed by atoms with Gasteiger partial charge in [-0.1, -0.05) is 0 Å². The number of hydrogen-bond acceptors (Lipinski definition) is 5. The van der Waals surface area contributed by atoms with Crippen LogP contribution < -0.4 is 5.14 Å². The highest BCUT2D eigenvalue weighted by atomic mass is 32.2. The Kier molecular flexibility index (Phi) is 2.95. The van der Waals surface area contributed by atoms with Crippen LogP contribution in [-0.2, 0) is 17.1 Å². The zero-order chi connectivity index (χ0) is 13.5. The Hall–Kier alpha value is -1.74. The van der Waals surface area contributed by atoms with Gasteiger partial charge in [0.1, 0.15) is 0 Å². The average molecular weight is 270 g/mol. The minimum Gasteiger partial charge on any atom is -0.294 e. The summed E-state index contributed by atoms with van der Waals surface area (Å²) >= 11 is 0. The normalized spacial score (nSPS) is 12.3. The molecule has 0 saturated heterocycles. The molecule has 0 radical (unpaired) electrons. The lowest BCUT2D eigenvalue weighted by molar-refractivity contribution is 0.524. The highest BCUT2D eigenvalue weighted by Crippen LogP contribution is 2.23. The molecule has 0 unspecified atom stereocenters. The summed E-state index contributed by atoms with van der Waals surface area (Å²) in [5.41, 5.74) is 0.689. The molecular formula is C9H14N6O2S. The minimum atomic E-state index is -3.90. The fraction of sp³-hybridized carbons (Fsp3) is 0.444. The van der Waals surface area contributed by atoms with Crippen LogP contribution in [-0.4, -0.2) is 33.0 Å². The van der Waals surface area contributed by atoms with Gasteiger partial charge >= 0.3 is 0 Å². The Balaban J connectivity index is 2.67. The van der Waals surface area contributed by atoms with Gasteiger partial charge in [-0.2, -0.15) is 5.10 Å². The fourth-order valence-corrected chi connectivity index (χ4v) is 2.40. The van der Waals surface area contributed by atoms with E-state index in [1.807, 2.05) is 13.8 Å². The minimum absolute atomic E-state index is 0.136. The molecule has 0 amide bonds. The summed E-state index contributed by atoms with van der Waals surface area (Å²) in [6.07, 6.45) is 3.33. The molecule has 98 valence electrons. The molecule has 2 N–H and O–H groups in total. The summed E-state index contributed by atoms with van der Waals surface area (Å²) < 4.78 is 26.0. The Labute approximate surface area is 104 Å². The van der Waals surface area contributed by atoms with Crippen molar-refractivity contribution >= 4 is 10.0 Å². The maximum absolute atomic E-state index is 11.4. The predicted octanol–water partition coefficient (Wildman–Crippen LogP) is -0.0931. The van der Waals surface area contributed by atoms with Gasteiger partial charge in [-0.3, -0.25) is 9.25 Å². The van der Waals surface area contributed by atoms with E-state index in [9.17, 15) is 8.42 Å². The quantitative estimate of drug-likeness (QED) is 0.838. The zero-order valence-electron chi connectivity index (χ0n) is 10.3. The third-order valence-electron chi connectivity index (χ3n) is 2.40. The van der Waals surface area contributed by atoms with Crippen molar-refractivity contribution < 1.29 is 8.42 Å². The molecule has 0 bridgehead atoms. The van der Waals surface area contributed by atoms with E-state index in [1.165, 1.54) is 4.57 Å². The number of aromatic nitrogens is 5. The van der Waals surface area contributed by atoms with Crippen molar-refractivity contribution in [1.29, 1.82) is 0 Å². The van der Waals surface area contributed by atoms with Crippen molar-refractivity contribution in [3.63, 3.8) is 0 Å². The molecule has 0 spiro atoms. The molecule has 0 aromatic carbocycles. The van der Waals surface area contributed by atoms with Gasteiger partial charge in [0.15, 0.2) is 5.82 Å². The van der Waals surface area contributed by atoms with E-state index >= 15 is 0 Å². The molecule has 2 rings (SSSR count). The number of primary sulfonamides is 1. The third-order valence-corrected chi connectivity index (χ3v) is 3.19. The van der Waals surface area contributed by atoms with Gasteiger partial charge in [-0.25, -0.2) is 13.6 Å². The third kappa shape index (κ3) is 2.14. The number of sulfonamides is 1. The first kappa shape index (κ1) is 12.7. The van der Waals surface area contributed by atoms with E-state index in [-0.39, 0.29) is 11.2 Å². The van der Waals surface area contributed by atoms with Gasteiger partial charge in [-0.05, 0) is 13.8 Å². The first-order valence-corrected chi connectivity index (χ1v) is 6.82. The van der Waals surface area contributed by atoms with Crippen molar-refractivity contribution in [1.82, 2.24) is 24.5 Å². The summed E-state index contributed by atoms with van der Waals surface area (Å²) in [5, 5.41) is 16.4. The summed E-state index contributed by atoms with van der Waals surface area (Å²) in [4.78, 5) is 0. The largest absolute Gasteiger partial charge is 0.294 e. The van der Waals surface area contributed by atoms with Crippen molar-refractivity contribution in [2.75, 3.05) is 0 Å². The highest BCUT2D eigenvalue weighted by molar-refractivity contribution is 7.89. The Morgan fingerprint density at radius 2 is 2.00 bits per heavy atom. The van der Waals surface area contributed by atoms with Crippen molar-refractivity contribution in [2.45, 2.75) is 25.0 Å². The zero-order valence-corrected chi connectivity index (χ0v) is 11.1. The number of aryl methyl sites for hydroxylation is 1. The fourth-order valence-electron chi connectivity index (χ4n) is 1.67. The van der Waals surface area contributed by atoms with Crippen LogP contribution >= 0.6 is 0 Å². The molecule has 8 nitrogen and oxygen atoms in total. The number of nitrogens with zero attached hydrogens (tertiary/aromatic N) is 5. The lowest BCUT2D eigenvalue weighted by Gasteiger charge is -2.11. The number of rotatable bonds is 3. The predicted molar refractivity (Wildman–Crippen MR) is 64.0 cm³/mol. The van der Waals surface area contributed by atoms with Crippen molar-refractivity contribution in [3.05, 3.63) is 12.4 Å². The monoisotopic (exact) mass is 270 g/mol. The van der Waals surface area contributed by atoms with E-state index in [0.717, 1.165) is 0 Å². The van der Waals surface area contributed by atoms with Gasteiger partial charge in [0.2, 0.25) is 0 Å². The molecule has 2 heterocycles. The number of hydrogen-bond donors (Lipinski definition) is 1. The second-order valence-electron chi connectivity index (χ2n) is 4.22. The summed E-state index contributed by atoms with van der Waals surface area (Å²) in [6, 6.07) is -0.136. The maximum atomic E-state index is 11.4. The second kappa shape index (κ2) is 4.18. The molecule has 2 aromatic rings. The first-order chi connectivity index (χ1) is 8.30. The first-order valence-electron chi connectivity index (χ1n) is 5.27. The van der Waals surface area contributed by atoms with E-state index in [0.29, 0.717) is 11.4 Å². The van der Waals surface area contributed by atoms with E-state index < -0.39 is 10.0 Å². The summed E-state index contributed by atoms with van der Waals surface area (Å²) in [7, 11) is -2.13. The van der Waals surface area contributed by atoms with Gasteiger partial charge in [-0.15, -0.1) is 10.2 Å². The van der Waals surface area contributed by atoms with Crippen molar-refractivity contribution in [3.8, 4) is 11.4 Å². The SMILES string of the molecule is CC(C)n1c(-c2cnn(C)c2)nnc1S(N)(=O)=O. The lowest BCUT2D eigenvalue weighted by Crippen LogP contribution is -2.20. The van der Waals surface area contributed by atoms with Gasteiger partial charge in [0, 0.05) is 19.3 Å². The molecule has 0 aliphatic heterocycles. The van der Waals surface area contributed by atoms with Crippen LogP contribution in [0.4, 0.5) is 0 Å². The van der Waals surface area contributed by atoms with Crippen LogP contribution in [0.1, 0.15) is 19.9 Å². The molecular weight excluding hydrogens is 256 g/mol.